The molecule has 0 aliphatic heterocycles. The fourth-order valence-corrected chi connectivity index (χ4v) is 10.8. The van der Waals surface area contributed by atoms with E-state index in [9.17, 15) is 5.48 Å². The maximum atomic E-state index is 9.27. The van der Waals surface area contributed by atoms with E-state index < -0.39 is 60.4 Å². The second-order valence-electron chi connectivity index (χ2n) is 19.9. The standard InChI is InChI=1S/C70H51N5O/c1-70(2,3)50-39-40-71-67(41-50)75-63-34-16-13-27-58(63)60-38-37-53(45-66(60)75)76-54-43-51(42-52(44-54)74-62-33-15-14-28-59(62)61-32-20-31-57(69(61)74)49-25-11-6-12-26-49)72-46-73(65-36-18-17-35-64(65)72)68-55(47-21-7-4-8-22-47)29-19-30-56(68)48-23-9-5-10-24-48/h4-45H,1-3H3/i4D,5D,7D,8D,9D,10D,21D,22D,23D,24D. The van der Waals surface area contributed by atoms with E-state index in [1.807, 2.05) is 102 Å². The largest absolute Gasteiger partial charge is 0.458 e. The molecule has 0 saturated heterocycles. The lowest BCUT2D eigenvalue weighted by atomic mass is 9.88. The first kappa shape index (κ1) is 35.4. The van der Waals surface area contributed by atoms with Crippen molar-refractivity contribution in [1.29, 1.82) is 0 Å². The van der Waals surface area contributed by atoms with Crippen molar-refractivity contribution in [1.82, 2.24) is 18.7 Å². The number of rotatable bonds is 9. The van der Waals surface area contributed by atoms with Crippen molar-refractivity contribution < 1.29 is 23.0 Å². The Balaban J connectivity index is 1.05. The van der Waals surface area contributed by atoms with Gasteiger partial charge >= 0.3 is 0 Å². The lowest BCUT2D eigenvalue weighted by Gasteiger charge is -2.20. The average molecular weight is 988 g/mol. The topological polar surface area (TPSA) is 40.8 Å². The molecule has 4 heterocycles. The molecule has 6 nitrogen and oxygen atoms in total. The molecule has 4 aromatic heterocycles. The van der Waals surface area contributed by atoms with Crippen molar-refractivity contribution in [3.8, 4) is 67.8 Å². The van der Waals surface area contributed by atoms with Crippen LogP contribution in [0.5, 0.6) is 11.5 Å². The van der Waals surface area contributed by atoms with Crippen LogP contribution in [0, 0.1) is 6.33 Å². The summed E-state index contributed by atoms with van der Waals surface area (Å²) in [6, 6.07) is 56.5. The maximum Gasteiger partial charge on any atom is 0.269 e. The molecule has 0 spiro atoms. The van der Waals surface area contributed by atoms with Crippen LogP contribution >= 0.6 is 0 Å². The minimum absolute atomic E-state index is 0.131. The zero-order valence-corrected chi connectivity index (χ0v) is 41.6. The van der Waals surface area contributed by atoms with Gasteiger partial charge in [0.1, 0.15) is 17.3 Å². The highest BCUT2D eigenvalue weighted by Crippen LogP contribution is 2.42. The SMILES string of the molecule is [2H]c1c([2H])c([2H])c(-c2cccc(-c3c([2H])c([2H])c([2H])c([2H])c3[2H])c2-[n+]2[c-]n(-c3cc(Oc4ccc5c6ccccc6n(-c6cc(C(C)(C)C)ccn6)c5c4)cc(-n4c5ccccc5c5cccc(-c6ccccc6)c54)c3)c3ccccc32)c([2H])c1[2H]. The van der Waals surface area contributed by atoms with Crippen LogP contribution in [-0.2, 0) is 5.41 Å². The van der Waals surface area contributed by atoms with Gasteiger partial charge in [0.25, 0.3) is 6.33 Å². The first-order chi connectivity index (χ1) is 41.5. The lowest BCUT2D eigenvalue weighted by molar-refractivity contribution is -0.571. The third kappa shape index (κ3) is 7.56. The van der Waals surface area contributed by atoms with Gasteiger partial charge in [0.15, 0.2) is 0 Å². The average Bonchev–Trinajstić information content (AvgIpc) is 1.73. The second kappa shape index (κ2) is 18.0. The van der Waals surface area contributed by atoms with E-state index in [0.717, 1.165) is 71.8 Å². The van der Waals surface area contributed by atoms with Gasteiger partial charge in [0.2, 0.25) is 0 Å². The summed E-state index contributed by atoms with van der Waals surface area (Å²) >= 11 is 0. The highest BCUT2D eigenvalue weighted by molar-refractivity contribution is 6.14. The summed E-state index contributed by atoms with van der Waals surface area (Å²) in [6.45, 7) is 6.56. The smallest absolute Gasteiger partial charge is 0.269 e. The summed E-state index contributed by atoms with van der Waals surface area (Å²) in [5.41, 5.74) is 9.45. The molecule has 0 N–H and O–H groups in total. The summed E-state index contributed by atoms with van der Waals surface area (Å²) in [4.78, 5) is 4.93. The van der Waals surface area contributed by atoms with Crippen LogP contribution in [0.3, 0.4) is 0 Å². The number of nitrogens with zero attached hydrogens (tertiary/aromatic N) is 5. The van der Waals surface area contributed by atoms with Gasteiger partial charge in [-0.25, -0.2) is 4.98 Å². The number of para-hydroxylation sites is 6. The van der Waals surface area contributed by atoms with Crippen molar-refractivity contribution in [3.05, 3.63) is 267 Å². The zero-order chi connectivity index (χ0) is 59.6. The Morgan fingerprint density at radius 1 is 0.474 bits per heavy atom. The molecule has 0 aliphatic rings. The van der Waals surface area contributed by atoms with E-state index in [2.05, 4.69) is 115 Å². The van der Waals surface area contributed by atoms with E-state index in [1.165, 1.54) is 0 Å². The number of aromatic nitrogens is 5. The molecule has 0 saturated carbocycles. The first-order valence-corrected chi connectivity index (χ1v) is 25.1. The van der Waals surface area contributed by atoms with E-state index in [1.54, 1.807) is 22.8 Å². The molecular formula is C70H51N5O. The molecule has 6 heteroatoms. The van der Waals surface area contributed by atoms with Gasteiger partial charge in [-0.1, -0.05) is 209 Å². The predicted molar refractivity (Wildman–Crippen MR) is 312 cm³/mol. The molecule has 14 rings (SSSR count). The van der Waals surface area contributed by atoms with Gasteiger partial charge in [0, 0.05) is 51.1 Å². The fraction of sp³-hybridized carbons (Fsp3) is 0.0571. The first-order valence-electron chi connectivity index (χ1n) is 30.1. The van der Waals surface area contributed by atoms with Crippen LogP contribution in [0.2, 0.25) is 0 Å². The number of imidazole rings is 1. The number of fused-ring (bicyclic) bond motifs is 7. The molecule has 0 atom stereocenters. The summed E-state index contributed by atoms with van der Waals surface area (Å²) in [7, 11) is 0. The van der Waals surface area contributed by atoms with Gasteiger partial charge in [-0.3, -0.25) is 13.7 Å². The fourth-order valence-electron chi connectivity index (χ4n) is 10.8. The van der Waals surface area contributed by atoms with Crippen LogP contribution in [0.1, 0.15) is 40.0 Å². The summed E-state index contributed by atoms with van der Waals surface area (Å²) in [6.07, 6.45) is 5.47. The number of pyridine rings is 1. The second-order valence-corrected chi connectivity index (χ2v) is 19.9. The molecule has 0 unspecified atom stereocenters. The summed E-state index contributed by atoms with van der Waals surface area (Å²) in [5.74, 6) is 1.79. The van der Waals surface area contributed by atoms with Crippen molar-refractivity contribution in [3.63, 3.8) is 0 Å². The Labute approximate surface area is 455 Å². The van der Waals surface area contributed by atoms with Crippen molar-refractivity contribution in [2.24, 2.45) is 0 Å². The van der Waals surface area contributed by atoms with E-state index in [4.69, 9.17) is 17.9 Å². The van der Waals surface area contributed by atoms with Crippen LogP contribution in [0.25, 0.3) is 111 Å². The predicted octanol–water partition coefficient (Wildman–Crippen LogP) is 17.4. The third-order valence-corrected chi connectivity index (χ3v) is 14.3. The highest BCUT2D eigenvalue weighted by atomic mass is 16.5. The summed E-state index contributed by atoms with van der Waals surface area (Å²) < 4.78 is 104. The minimum Gasteiger partial charge on any atom is -0.458 e. The van der Waals surface area contributed by atoms with Crippen LogP contribution in [0.4, 0.5) is 0 Å². The quantitative estimate of drug-likeness (QED) is 0.107. The molecule has 14 aromatic rings. The highest BCUT2D eigenvalue weighted by Gasteiger charge is 2.24. The maximum absolute atomic E-state index is 9.27. The van der Waals surface area contributed by atoms with Gasteiger partial charge in [0.05, 0.1) is 58.2 Å². The molecule has 0 bridgehead atoms. The third-order valence-electron chi connectivity index (χ3n) is 14.3. The van der Waals surface area contributed by atoms with Crippen molar-refractivity contribution >= 4 is 54.6 Å². The van der Waals surface area contributed by atoms with Gasteiger partial charge < -0.3 is 9.30 Å². The van der Waals surface area contributed by atoms with E-state index in [0.29, 0.717) is 28.2 Å². The molecule has 0 amide bonds. The lowest BCUT2D eigenvalue weighted by Crippen LogP contribution is -2.31. The van der Waals surface area contributed by atoms with Crippen LogP contribution in [0.15, 0.2) is 255 Å². The van der Waals surface area contributed by atoms with Crippen molar-refractivity contribution in [2.45, 2.75) is 26.2 Å². The summed E-state index contributed by atoms with van der Waals surface area (Å²) in [5, 5.41) is 4.16. The molecule has 0 aliphatic carbocycles. The molecule has 0 radical (unpaired) electrons. The van der Waals surface area contributed by atoms with Gasteiger partial charge in [-0.05, 0) is 87.3 Å². The van der Waals surface area contributed by atoms with Crippen LogP contribution in [-0.4, -0.2) is 18.7 Å². The minimum atomic E-state index is -0.579. The van der Waals surface area contributed by atoms with E-state index >= 15 is 0 Å². The number of benzene rings is 10. The zero-order valence-electron chi connectivity index (χ0n) is 51.6. The van der Waals surface area contributed by atoms with Crippen LogP contribution < -0.4 is 9.30 Å². The van der Waals surface area contributed by atoms with Gasteiger partial charge in [-0.15, -0.1) is 0 Å². The normalized spacial score (nSPS) is 13.7. The molecule has 0 fully saturated rings. The van der Waals surface area contributed by atoms with E-state index in [-0.39, 0.29) is 33.4 Å². The Morgan fingerprint density at radius 3 is 1.79 bits per heavy atom. The number of ether oxygens (including phenoxy) is 1. The monoisotopic (exact) mass is 987 g/mol. The molecule has 362 valence electrons. The Hall–Kier alpha value is -9.78. The Morgan fingerprint density at radius 2 is 1.07 bits per heavy atom. The number of hydrogen-bond acceptors (Lipinski definition) is 2. The Kier molecular flexibility index (Phi) is 8.38. The van der Waals surface area contributed by atoms with Gasteiger partial charge in [-0.2, -0.15) is 0 Å². The van der Waals surface area contributed by atoms with Crippen molar-refractivity contribution in [2.75, 3.05) is 0 Å². The molecule has 76 heavy (non-hydrogen) atoms. The number of hydrogen-bond donors (Lipinski definition) is 0. The molecular weight excluding hydrogens is 927 g/mol. The molecule has 10 aromatic carbocycles. The Bertz CT molecular complexity index is 5010.